The highest BCUT2D eigenvalue weighted by atomic mass is 19.1. The van der Waals surface area contributed by atoms with Gasteiger partial charge in [-0.15, -0.1) is 0 Å². The molecule has 1 N–H and O–H groups in total. The van der Waals surface area contributed by atoms with Crippen LogP contribution >= 0.6 is 0 Å². The Morgan fingerprint density at radius 2 is 2.07 bits per heavy atom. The van der Waals surface area contributed by atoms with Crippen molar-refractivity contribution < 1.29 is 14.2 Å². The van der Waals surface area contributed by atoms with Gasteiger partial charge in [0.2, 0.25) is 0 Å². The largest absolute Gasteiger partial charge is 0.383 e. The van der Waals surface area contributed by atoms with Gasteiger partial charge in [0.1, 0.15) is 11.4 Å². The summed E-state index contributed by atoms with van der Waals surface area (Å²) in [6, 6.07) is 4.50. The molecule has 2 nitrogen and oxygen atoms in total. The first kappa shape index (κ1) is 11.1. The molecule has 1 aromatic carbocycles. The van der Waals surface area contributed by atoms with E-state index < -0.39 is 5.60 Å². The standard InChI is InChI=1S/C11H15FO2/c1-8-4-9(6-10(12)5-8)11(2,13)7-14-3/h4-6,13H,7H2,1-3H3. The first-order valence-electron chi connectivity index (χ1n) is 4.45. The van der Waals surface area contributed by atoms with Crippen LogP contribution in [0.2, 0.25) is 0 Å². The SMILES string of the molecule is COCC(C)(O)c1cc(C)cc(F)c1. The third-order valence-electron chi connectivity index (χ3n) is 2.09. The summed E-state index contributed by atoms with van der Waals surface area (Å²) < 4.78 is 17.9. The summed E-state index contributed by atoms with van der Waals surface area (Å²) in [4.78, 5) is 0. The summed E-state index contributed by atoms with van der Waals surface area (Å²) in [5, 5.41) is 9.94. The molecular formula is C11H15FO2. The van der Waals surface area contributed by atoms with E-state index >= 15 is 0 Å². The zero-order chi connectivity index (χ0) is 10.8. The van der Waals surface area contributed by atoms with E-state index in [0.29, 0.717) is 5.56 Å². The van der Waals surface area contributed by atoms with Crippen molar-refractivity contribution in [1.29, 1.82) is 0 Å². The van der Waals surface area contributed by atoms with Gasteiger partial charge in [0.25, 0.3) is 0 Å². The van der Waals surface area contributed by atoms with Crippen molar-refractivity contribution in [3.63, 3.8) is 0 Å². The zero-order valence-corrected chi connectivity index (χ0v) is 8.67. The number of methoxy groups -OCH3 is 1. The van der Waals surface area contributed by atoms with Crippen LogP contribution in [0.25, 0.3) is 0 Å². The molecule has 0 radical (unpaired) electrons. The van der Waals surface area contributed by atoms with Gasteiger partial charge in [-0.05, 0) is 37.1 Å². The van der Waals surface area contributed by atoms with Gasteiger partial charge in [0, 0.05) is 7.11 Å². The molecule has 0 spiro atoms. The van der Waals surface area contributed by atoms with Gasteiger partial charge in [-0.3, -0.25) is 0 Å². The van der Waals surface area contributed by atoms with Gasteiger partial charge in [0.05, 0.1) is 6.61 Å². The Morgan fingerprint density at radius 1 is 1.43 bits per heavy atom. The highest BCUT2D eigenvalue weighted by molar-refractivity contribution is 5.28. The van der Waals surface area contributed by atoms with E-state index in [1.54, 1.807) is 19.9 Å². The lowest BCUT2D eigenvalue weighted by Gasteiger charge is -2.23. The highest BCUT2D eigenvalue weighted by Crippen LogP contribution is 2.22. The predicted molar refractivity (Wildman–Crippen MR) is 52.6 cm³/mol. The van der Waals surface area contributed by atoms with E-state index in [1.807, 2.05) is 0 Å². The second kappa shape index (κ2) is 4.07. The van der Waals surface area contributed by atoms with Crippen LogP contribution in [0.5, 0.6) is 0 Å². The van der Waals surface area contributed by atoms with Crippen molar-refractivity contribution in [3.05, 3.63) is 35.1 Å². The van der Waals surface area contributed by atoms with Crippen molar-refractivity contribution in [2.75, 3.05) is 13.7 Å². The minimum absolute atomic E-state index is 0.149. The maximum atomic E-state index is 13.0. The molecule has 0 amide bonds. The zero-order valence-electron chi connectivity index (χ0n) is 8.67. The van der Waals surface area contributed by atoms with E-state index in [9.17, 15) is 9.50 Å². The fourth-order valence-electron chi connectivity index (χ4n) is 1.41. The van der Waals surface area contributed by atoms with E-state index in [4.69, 9.17) is 4.74 Å². The average molecular weight is 198 g/mol. The molecule has 0 saturated heterocycles. The van der Waals surface area contributed by atoms with Crippen LogP contribution in [-0.2, 0) is 10.3 Å². The number of benzene rings is 1. The lowest BCUT2D eigenvalue weighted by molar-refractivity contribution is -0.0210. The molecule has 78 valence electrons. The summed E-state index contributed by atoms with van der Waals surface area (Å²) >= 11 is 0. The number of rotatable bonds is 3. The molecule has 0 aliphatic rings. The number of ether oxygens (including phenoxy) is 1. The molecule has 0 saturated carbocycles. The molecule has 1 rings (SSSR count). The van der Waals surface area contributed by atoms with Gasteiger partial charge < -0.3 is 9.84 Å². The fourth-order valence-corrected chi connectivity index (χ4v) is 1.41. The monoisotopic (exact) mass is 198 g/mol. The first-order valence-corrected chi connectivity index (χ1v) is 4.45. The third kappa shape index (κ3) is 2.53. The Kier molecular flexibility index (Phi) is 3.24. The van der Waals surface area contributed by atoms with Crippen LogP contribution in [0, 0.1) is 12.7 Å². The van der Waals surface area contributed by atoms with Crippen molar-refractivity contribution in [2.45, 2.75) is 19.4 Å². The molecule has 1 aromatic rings. The third-order valence-corrected chi connectivity index (χ3v) is 2.09. The maximum Gasteiger partial charge on any atom is 0.123 e. The van der Waals surface area contributed by atoms with Gasteiger partial charge in [-0.25, -0.2) is 4.39 Å². The smallest absolute Gasteiger partial charge is 0.123 e. The van der Waals surface area contributed by atoms with E-state index in [1.165, 1.54) is 19.2 Å². The Balaban J connectivity index is 3.05. The number of hydrogen-bond donors (Lipinski definition) is 1. The lowest BCUT2D eigenvalue weighted by Crippen LogP contribution is -2.27. The molecule has 0 heterocycles. The molecular weight excluding hydrogens is 183 g/mol. The molecule has 0 aromatic heterocycles. The molecule has 3 heteroatoms. The summed E-state index contributed by atoms with van der Waals surface area (Å²) in [5.74, 6) is -0.337. The van der Waals surface area contributed by atoms with Gasteiger partial charge >= 0.3 is 0 Å². The minimum atomic E-state index is -1.14. The molecule has 14 heavy (non-hydrogen) atoms. The van der Waals surface area contributed by atoms with E-state index in [-0.39, 0.29) is 12.4 Å². The second-order valence-electron chi connectivity index (χ2n) is 3.72. The summed E-state index contributed by atoms with van der Waals surface area (Å²) in [7, 11) is 1.50. The molecule has 0 aliphatic heterocycles. The van der Waals surface area contributed by atoms with Crippen LogP contribution in [0.3, 0.4) is 0 Å². The predicted octanol–water partition coefficient (Wildman–Crippen LogP) is 1.99. The van der Waals surface area contributed by atoms with E-state index in [0.717, 1.165) is 5.56 Å². The molecule has 0 aliphatic carbocycles. The van der Waals surface area contributed by atoms with Crippen LogP contribution in [0.1, 0.15) is 18.1 Å². The van der Waals surface area contributed by atoms with Gasteiger partial charge in [-0.1, -0.05) is 6.07 Å². The Bertz CT molecular complexity index is 301. The molecule has 1 atom stereocenters. The summed E-state index contributed by atoms with van der Waals surface area (Å²) in [5.41, 5.74) is 0.190. The van der Waals surface area contributed by atoms with Gasteiger partial charge in [0.15, 0.2) is 0 Å². The molecule has 0 fully saturated rings. The minimum Gasteiger partial charge on any atom is -0.383 e. The van der Waals surface area contributed by atoms with Crippen molar-refractivity contribution >= 4 is 0 Å². The summed E-state index contributed by atoms with van der Waals surface area (Å²) in [6.45, 7) is 3.54. The number of aryl methyl sites for hydroxylation is 1. The fraction of sp³-hybridized carbons (Fsp3) is 0.455. The van der Waals surface area contributed by atoms with E-state index in [2.05, 4.69) is 0 Å². The lowest BCUT2D eigenvalue weighted by atomic mass is 9.95. The molecule has 0 bridgehead atoms. The quantitative estimate of drug-likeness (QED) is 0.804. The first-order chi connectivity index (χ1) is 6.45. The summed E-state index contributed by atoms with van der Waals surface area (Å²) in [6.07, 6.45) is 0. The van der Waals surface area contributed by atoms with Crippen molar-refractivity contribution in [1.82, 2.24) is 0 Å². The Labute approximate surface area is 83.3 Å². The Hall–Kier alpha value is -0.930. The second-order valence-corrected chi connectivity index (χ2v) is 3.72. The normalized spacial score (nSPS) is 15.2. The van der Waals surface area contributed by atoms with Crippen LogP contribution in [0.4, 0.5) is 4.39 Å². The van der Waals surface area contributed by atoms with Crippen LogP contribution in [0.15, 0.2) is 18.2 Å². The van der Waals surface area contributed by atoms with Crippen LogP contribution in [-0.4, -0.2) is 18.8 Å². The van der Waals surface area contributed by atoms with Crippen LogP contribution < -0.4 is 0 Å². The number of hydrogen-bond acceptors (Lipinski definition) is 2. The van der Waals surface area contributed by atoms with Crippen molar-refractivity contribution in [3.8, 4) is 0 Å². The Morgan fingerprint density at radius 3 is 2.57 bits per heavy atom. The highest BCUT2D eigenvalue weighted by Gasteiger charge is 2.23. The number of aliphatic hydroxyl groups is 1. The topological polar surface area (TPSA) is 29.5 Å². The molecule has 1 unspecified atom stereocenters. The van der Waals surface area contributed by atoms with Gasteiger partial charge in [-0.2, -0.15) is 0 Å². The maximum absolute atomic E-state index is 13.0. The van der Waals surface area contributed by atoms with Crippen molar-refractivity contribution in [2.24, 2.45) is 0 Å². The number of halogens is 1. The average Bonchev–Trinajstić information content (AvgIpc) is 2.02.